The summed E-state index contributed by atoms with van der Waals surface area (Å²) in [7, 11) is 1.85. The molecule has 1 aromatic carbocycles. The van der Waals surface area contributed by atoms with Crippen LogP contribution < -0.4 is 14.2 Å². The summed E-state index contributed by atoms with van der Waals surface area (Å²) in [6.45, 7) is 0.198. The molecule has 1 unspecified atom stereocenters. The zero-order valence-electron chi connectivity index (χ0n) is 10.8. The van der Waals surface area contributed by atoms with Crippen LogP contribution in [-0.2, 0) is 11.8 Å². The Labute approximate surface area is 114 Å². The molecule has 0 radical (unpaired) electrons. The van der Waals surface area contributed by atoms with Crippen LogP contribution in [0.5, 0.6) is 17.2 Å². The molecule has 2 aliphatic heterocycles. The number of aryl methyl sites for hydroxylation is 1. The summed E-state index contributed by atoms with van der Waals surface area (Å²) in [5, 5.41) is 4.17. The normalized spacial score (nSPS) is 19.6. The van der Waals surface area contributed by atoms with Crippen molar-refractivity contribution in [2.45, 2.75) is 12.3 Å². The van der Waals surface area contributed by atoms with Gasteiger partial charge in [-0.05, 0) is 11.6 Å². The highest BCUT2D eigenvalue weighted by atomic mass is 16.7. The van der Waals surface area contributed by atoms with Crippen molar-refractivity contribution in [3.8, 4) is 17.2 Å². The minimum absolute atomic E-state index is 0.0607. The van der Waals surface area contributed by atoms with E-state index in [-0.39, 0.29) is 18.7 Å². The number of carbonyl (C=O) groups is 1. The maximum absolute atomic E-state index is 11.8. The number of esters is 1. The topological polar surface area (TPSA) is 62.6 Å². The molecule has 6 heteroatoms. The zero-order valence-corrected chi connectivity index (χ0v) is 10.8. The van der Waals surface area contributed by atoms with Crippen LogP contribution in [0, 0.1) is 0 Å². The van der Waals surface area contributed by atoms with Gasteiger partial charge in [-0.15, -0.1) is 0 Å². The lowest BCUT2D eigenvalue weighted by molar-refractivity contribution is -0.135. The lowest BCUT2D eigenvalue weighted by Gasteiger charge is -2.23. The number of nitrogens with zero attached hydrogens (tertiary/aromatic N) is 2. The predicted octanol–water partition coefficient (Wildman–Crippen LogP) is 1.59. The quantitative estimate of drug-likeness (QED) is 0.582. The van der Waals surface area contributed by atoms with E-state index in [9.17, 15) is 4.79 Å². The van der Waals surface area contributed by atoms with Crippen LogP contribution in [0.25, 0.3) is 0 Å². The Morgan fingerprint density at radius 1 is 1.25 bits per heavy atom. The first-order valence-electron chi connectivity index (χ1n) is 6.33. The summed E-state index contributed by atoms with van der Waals surface area (Å²) >= 11 is 0. The molecule has 2 aliphatic rings. The van der Waals surface area contributed by atoms with Crippen molar-refractivity contribution in [1.82, 2.24) is 9.78 Å². The van der Waals surface area contributed by atoms with Crippen LogP contribution in [0.15, 0.2) is 24.5 Å². The average molecular weight is 272 g/mol. The molecule has 0 amide bonds. The molecule has 0 saturated carbocycles. The predicted molar refractivity (Wildman–Crippen MR) is 67.9 cm³/mol. The third kappa shape index (κ3) is 1.65. The van der Waals surface area contributed by atoms with Crippen molar-refractivity contribution in [1.29, 1.82) is 0 Å². The van der Waals surface area contributed by atoms with Gasteiger partial charge in [0, 0.05) is 30.8 Å². The lowest BCUT2D eigenvalue weighted by atomic mass is 9.88. The third-order valence-corrected chi connectivity index (χ3v) is 3.60. The largest absolute Gasteiger partial charge is 0.454 e. The van der Waals surface area contributed by atoms with Crippen molar-refractivity contribution >= 4 is 5.97 Å². The van der Waals surface area contributed by atoms with Gasteiger partial charge >= 0.3 is 5.97 Å². The van der Waals surface area contributed by atoms with E-state index in [0.717, 1.165) is 11.1 Å². The van der Waals surface area contributed by atoms with E-state index in [1.165, 1.54) is 0 Å². The fraction of sp³-hybridized carbons (Fsp3) is 0.286. The van der Waals surface area contributed by atoms with Crippen molar-refractivity contribution in [3.05, 3.63) is 35.7 Å². The summed E-state index contributed by atoms with van der Waals surface area (Å²) in [6.07, 6.45) is 3.99. The molecule has 0 spiro atoms. The monoisotopic (exact) mass is 272 g/mol. The summed E-state index contributed by atoms with van der Waals surface area (Å²) in [5.41, 5.74) is 1.92. The van der Waals surface area contributed by atoms with E-state index in [4.69, 9.17) is 14.2 Å². The smallest absolute Gasteiger partial charge is 0.312 e. The third-order valence-electron chi connectivity index (χ3n) is 3.60. The number of hydrogen-bond acceptors (Lipinski definition) is 5. The maximum atomic E-state index is 11.8. The van der Waals surface area contributed by atoms with E-state index < -0.39 is 0 Å². The Balaban J connectivity index is 1.85. The zero-order chi connectivity index (χ0) is 13.7. The van der Waals surface area contributed by atoms with Gasteiger partial charge in [0.2, 0.25) is 6.79 Å². The molecule has 2 aromatic rings. The SMILES string of the molecule is Cn1cc(C2CC(=O)Oc3cc4c(cc32)OCO4)cn1. The van der Waals surface area contributed by atoms with Crippen LogP contribution in [0.4, 0.5) is 0 Å². The Morgan fingerprint density at radius 3 is 2.80 bits per heavy atom. The first kappa shape index (κ1) is 11.3. The number of fused-ring (bicyclic) bond motifs is 2. The summed E-state index contributed by atoms with van der Waals surface area (Å²) in [6, 6.07) is 3.61. The molecule has 20 heavy (non-hydrogen) atoms. The molecule has 0 bridgehead atoms. The highest BCUT2D eigenvalue weighted by Gasteiger charge is 2.32. The molecular formula is C14H12N2O4. The molecule has 1 aromatic heterocycles. The van der Waals surface area contributed by atoms with Gasteiger partial charge in [0.15, 0.2) is 11.5 Å². The second-order valence-corrected chi connectivity index (χ2v) is 4.92. The summed E-state index contributed by atoms with van der Waals surface area (Å²) in [5.74, 6) is 1.54. The standard InChI is InChI=1S/C14H12N2O4/c1-16-6-8(5-15-16)9-3-14(17)20-11-4-13-12(2-10(9)11)18-7-19-13/h2,4-6,9H,3,7H2,1H3. The van der Waals surface area contributed by atoms with Crippen LogP contribution in [-0.4, -0.2) is 22.5 Å². The highest BCUT2D eigenvalue weighted by Crippen LogP contribution is 2.45. The molecule has 0 aliphatic carbocycles. The molecule has 0 fully saturated rings. The molecule has 0 N–H and O–H groups in total. The molecule has 6 nitrogen and oxygen atoms in total. The Bertz CT molecular complexity index is 707. The molecule has 4 rings (SSSR count). The van der Waals surface area contributed by atoms with E-state index in [0.29, 0.717) is 23.7 Å². The van der Waals surface area contributed by atoms with Gasteiger partial charge in [-0.1, -0.05) is 0 Å². The minimum Gasteiger partial charge on any atom is -0.454 e. The maximum Gasteiger partial charge on any atom is 0.312 e. The molecular weight excluding hydrogens is 260 g/mol. The van der Waals surface area contributed by atoms with Crippen LogP contribution in [0.2, 0.25) is 0 Å². The van der Waals surface area contributed by atoms with Crippen molar-refractivity contribution in [2.75, 3.05) is 6.79 Å². The first-order valence-corrected chi connectivity index (χ1v) is 6.33. The fourth-order valence-electron chi connectivity index (χ4n) is 2.66. The van der Waals surface area contributed by atoms with Crippen LogP contribution in [0.1, 0.15) is 23.5 Å². The number of benzene rings is 1. The van der Waals surface area contributed by atoms with E-state index in [2.05, 4.69) is 5.10 Å². The second kappa shape index (κ2) is 4.00. The van der Waals surface area contributed by atoms with Crippen LogP contribution in [0.3, 0.4) is 0 Å². The van der Waals surface area contributed by atoms with Gasteiger partial charge < -0.3 is 14.2 Å². The van der Waals surface area contributed by atoms with E-state index >= 15 is 0 Å². The Hall–Kier alpha value is -2.50. The van der Waals surface area contributed by atoms with Gasteiger partial charge in [0.05, 0.1) is 12.6 Å². The van der Waals surface area contributed by atoms with Crippen LogP contribution >= 0.6 is 0 Å². The lowest BCUT2D eigenvalue weighted by Crippen LogP contribution is -2.20. The number of carbonyl (C=O) groups excluding carboxylic acids is 1. The number of aromatic nitrogens is 2. The van der Waals surface area contributed by atoms with Crippen molar-refractivity contribution in [2.24, 2.45) is 7.05 Å². The number of rotatable bonds is 1. The van der Waals surface area contributed by atoms with Gasteiger partial charge in [-0.25, -0.2) is 0 Å². The molecule has 102 valence electrons. The number of hydrogen-bond donors (Lipinski definition) is 0. The van der Waals surface area contributed by atoms with E-state index in [1.54, 1.807) is 16.9 Å². The number of ether oxygens (including phenoxy) is 3. The second-order valence-electron chi connectivity index (χ2n) is 4.92. The minimum atomic E-state index is -0.245. The first-order chi connectivity index (χ1) is 9.70. The highest BCUT2D eigenvalue weighted by molar-refractivity contribution is 5.78. The summed E-state index contributed by atoms with van der Waals surface area (Å²) in [4.78, 5) is 11.8. The molecule has 1 atom stereocenters. The van der Waals surface area contributed by atoms with Crippen molar-refractivity contribution in [3.63, 3.8) is 0 Å². The summed E-state index contributed by atoms with van der Waals surface area (Å²) < 4.78 is 17.8. The van der Waals surface area contributed by atoms with Gasteiger partial charge in [-0.2, -0.15) is 5.10 Å². The van der Waals surface area contributed by atoms with Crippen molar-refractivity contribution < 1.29 is 19.0 Å². The average Bonchev–Trinajstić information content (AvgIpc) is 3.03. The van der Waals surface area contributed by atoms with Gasteiger partial charge in [0.25, 0.3) is 0 Å². The fourth-order valence-corrected chi connectivity index (χ4v) is 2.66. The molecule has 0 saturated heterocycles. The van der Waals surface area contributed by atoms with E-state index in [1.807, 2.05) is 19.3 Å². The Kier molecular flexibility index (Phi) is 2.26. The van der Waals surface area contributed by atoms with Gasteiger partial charge in [-0.3, -0.25) is 9.48 Å². The molecule has 3 heterocycles. The van der Waals surface area contributed by atoms with Gasteiger partial charge in [0.1, 0.15) is 5.75 Å². The Morgan fingerprint density at radius 2 is 2.05 bits per heavy atom.